The molecule has 1 unspecified atom stereocenters. The number of aliphatic hydroxyl groups is 1. The van der Waals surface area contributed by atoms with Crippen LogP contribution in [0.3, 0.4) is 0 Å². The maximum atomic E-state index is 9.66. The summed E-state index contributed by atoms with van der Waals surface area (Å²) in [7, 11) is 1.97. The lowest BCUT2D eigenvalue weighted by Crippen LogP contribution is -2.14. The van der Waals surface area contributed by atoms with Gasteiger partial charge in [0.2, 0.25) is 0 Å². The Hall–Kier alpha value is -0.830. The molecule has 1 heterocycles. The second kappa shape index (κ2) is 5.31. The first kappa shape index (κ1) is 12.2. The maximum absolute atomic E-state index is 9.66. The minimum Gasteiger partial charge on any atom is -0.393 e. The summed E-state index contributed by atoms with van der Waals surface area (Å²) in [4.78, 5) is 0. The Morgan fingerprint density at radius 1 is 1.47 bits per heavy atom. The molecule has 15 heavy (non-hydrogen) atoms. The largest absolute Gasteiger partial charge is 0.393 e. The van der Waals surface area contributed by atoms with Gasteiger partial charge in [0.1, 0.15) is 0 Å². The zero-order valence-corrected chi connectivity index (χ0v) is 10.2. The topological polar surface area (TPSA) is 38.0 Å². The van der Waals surface area contributed by atoms with E-state index in [1.165, 1.54) is 5.69 Å². The fourth-order valence-corrected chi connectivity index (χ4v) is 1.72. The van der Waals surface area contributed by atoms with Gasteiger partial charge in [0, 0.05) is 12.7 Å². The summed E-state index contributed by atoms with van der Waals surface area (Å²) in [5.41, 5.74) is 2.32. The molecular weight excluding hydrogens is 188 g/mol. The first-order valence-electron chi connectivity index (χ1n) is 5.68. The number of aromatic nitrogens is 2. The van der Waals surface area contributed by atoms with Gasteiger partial charge in [-0.05, 0) is 38.2 Å². The van der Waals surface area contributed by atoms with Crippen LogP contribution in [0.1, 0.15) is 38.1 Å². The Bertz CT molecular complexity index is 305. The number of rotatable bonds is 5. The van der Waals surface area contributed by atoms with E-state index in [0.717, 1.165) is 25.0 Å². The van der Waals surface area contributed by atoms with Gasteiger partial charge < -0.3 is 5.11 Å². The van der Waals surface area contributed by atoms with Crippen molar-refractivity contribution in [2.45, 2.75) is 46.1 Å². The van der Waals surface area contributed by atoms with E-state index in [1.54, 1.807) is 0 Å². The second-order valence-corrected chi connectivity index (χ2v) is 4.60. The van der Waals surface area contributed by atoms with Gasteiger partial charge in [0.05, 0.1) is 11.8 Å². The van der Waals surface area contributed by atoms with E-state index in [2.05, 4.69) is 25.0 Å². The van der Waals surface area contributed by atoms with Crippen LogP contribution in [-0.4, -0.2) is 21.0 Å². The molecule has 0 saturated heterocycles. The summed E-state index contributed by atoms with van der Waals surface area (Å²) in [5, 5.41) is 14.0. The molecule has 1 aromatic heterocycles. The van der Waals surface area contributed by atoms with Crippen LogP contribution in [0.5, 0.6) is 0 Å². The average molecular weight is 210 g/mol. The quantitative estimate of drug-likeness (QED) is 0.808. The predicted molar refractivity (Wildman–Crippen MR) is 61.7 cm³/mol. The smallest absolute Gasteiger partial charge is 0.0596 e. The summed E-state index contributed by atoms with van der Waals surface area (Å²) >= 11 is 0. The lowest BCUT2D eigenvalue weighted by molar-refractivity contribution is 0.114. The molecule has 1 rings (SSSR count). The van der Waals surface area contributed by atoms with Gasteiger partial charge >= 0.3 is 0 Å². The molecule has 0 saturated carbocycles. The van der Waals surface area contributed by atoms with Gasteiger partial charge in [-0.15, -0.1) is 0 Å². The molecule has 0 fully saturated rings. The van der Waals surface area contributed by atoms with Crippen molar-refractivity contribution in [3.63, 3.8) is 0 Å². The third-order valence-corrected chi connectivity index (χ3v) is 2.80. The first-order valence-corrected chi connectivity index (χ1v) is 5.68. The van der Waals surface area contributed by atoms with Crippen molar-refractivity contribution in [2.75, 3.05) is 0 Å². The molecular formula is C12H22N2O. The van der Waals surface area contributed by atoms with Crippen LogP contribution in [0.25, 0.3) is 0 Å². The molecule has 3 nitrogen and oxygen atoms in total. The van der Waals surface area contributed by atoms with Crippen molar-refractivity contribution < 1.29 is 5.11 Å². The predicted octanol–water partition coefficient (Wildman–Crippen LogP) is 2.07. The molecule has 3 heteroatoms. The molecule has 0 radical (unpaired) electrons. The van der Waals surface area contributed by atoms with Crippen LogP contribution in [0, 0.1) is 12.8 Å². The van der Waals surface area contributed by atoms with E-state index in [0.29, 0.717) is 5.92 Å². The molecule has 0 aliphatic carbocycles. The molecule has 86 valence electrons. The van der Waals surface area contributed by atoms with Gasteiger partial charge in [0.25, 0.3) is 0 Å². The zero-order chi connectivity index (χ0) is 11.4. The summed E-state index contributed by atoms with van der Waals surface area (Å²) < 4.78 is 1.93. The highest BCUT2D eigenvalue weighted by molar-refractivity contribution is 5.08. The lowest BCUT2D eigenvalue weighted by Gasteiger charge is -2.13. The van der Waals surface area contributed by atoms with Crippen LogP contribution in [-0.2, 0) is 13.5 Å². The fraction of sp³-hybridized carbons (Fsp3) is 0.750. The van der Waals surface area contributed by atoms with Crippen LogP contribution in [0.4, 0.5) is 0 Å². The molecule has 0 spiro atoms. The van der Waals surface area contributed by atoms with Crippen LogP contribution < -0.4 is 0 Å². The number of aryl methyl sites for hydroxylation is 3. The van der Waals surface area contributed by atoms with Crippen molar-refractivity contribution in [3.05, 3.63) is 17.5 Å². The van der Waals surface area contributed by atoms with E-state index in [-0.39, 0.29) is 6.10 Å². The molecule has 0 aliphatic rings. The minimum absolute atomic E-state index is 0.167. The molecule has 1 N–H and O–H groups in total. The molecule has 1 aromatic rings. The SMILES string of the molecule is Cc1cc(CCCC(O)C(C)C)n(C)n1. The van der Waals surface area contributed by atoms with E-state index >= 15 is 0 Å². The highest BCUT2D eigenvalue weighted by Crippen LogP contribution is 2.12. The highest BCUT2D eigenvalue weighted by atomic mass is 16.3. The van der Waals surface area contributed by atoms with Crippen LogP contribution in [0.2, 0.25) is 0 Å². The first-order chi connectivity index (χ1) is 7.00. The maximum Gasteiger partial charge on any atom is 0.0596 e. The Morgan fingerprint density at radius 2 is 2.13 bits per heavy atom. The van der Waals surface area contributed by atoms with Gasteiger partial charge in [-0.3, -0.25) is 4.68 Å². The summed E-state index contributed by atoms with van der Waals surface area (Å²) in [6.45, 7) is 6.12. The number of nitrogens with zero attached hydrogens (tertiary/aromatic N) is 2. The lowest BCUT2D eigenvalue weighted by atomic mass is 10.0. The van der Waals surface area contributed by atoms with Crippen LogP contribution >= 0.6 is 0 Å². The molecule has 0 aliphatic heterocycles. The van der Waals surface area contributed by atoms with Crippen LogP contribution in [0.15, 0.2) is 6.07 Å². The van der Waals surface area contributed by atoms with E-state index in [1.807, 2.05) is 18.7 Å². The van der Waals surface area contributed by atoms with Gasteiger partial charge in [-0.2, -0.15) is 5.10 Å². The van der Waals surface area contributed by atoms with E-state index in [9.17, 15) is 5.11 Å². The average Bonchev–Trinajstić information content (AvgIpc) is 2.45. The highest BCUT2D eigenvalue weighted by Gasteiger charge is 2.09. The summed E-state index contributed by atoms with van der Waals surface area (Å²) in [6.07, 6.45) is 2.74. The Balaban J connectivity index is 2.35. The van der Waals surface area contributed by atoms with Crippen molar-refractivity contribution in [3.8, 4) is 0 Å². The van der Waals surface area contributed by atoms with Crippen molar-refractivity contribution in [1.29, 1.82) is 0 Å². The number of hydrogen-bond donors (Lipinski definition) is 1. The van der Waals surface area contributed by atoms with Gasteiger partial charge in [-0.1, -0.05) is 13.8 Å². The second-order valence-electron chi connectivity index (χ2n) is 4.60. The van der Waals surface area contributed by atoms with Gasteiger partial charge in [0.15, 0.2) is 0 Å². The van der Waals surface area contributed by atoms with E-state index in [4.69, 9.17) is 0 Å². The minimum atomic E-state index is -0.167. The monoisotopic (exact) mass is 210 g/mol. The third-order valence-electron chi connectivity index (χ3n) is 2.80. The normalized spacial score (nSPS) is 13.5. The number of aliphatic hydroxyl groups excluding tert-OH is 1. The van der Waals surface area contributed by atoms with Crippen molar-refractivity contribution in [1.82, 2.24) is 9.78 Å². The molecule has 0 bridgehead atoms. The summed E-state index contributed by atoms with van der Waals surface area (Å²) in [6, 6.07) is 2.11. The Morgan fingerprint density at radius 3 is 2.60 bits per heavy atom. The van der Waals surface area contributed by atoms with Gasteiger partial charge in [-0.25, -0.2) is 0 Å². The van der Waals surface area contributed by atoms with Crippen molar-refractivity contribution in [2.24, 2.45) is 13.0 Å². The Kier molecular flexibility index (Phi) is 4.33. The number of hydrogen-bond acceptors (Lipinski definition) is 2. The van der Waals surface area contributed by atoms with E-state index < -0.39 is 0 Å². The molecule has 0 aromatic carbocycles. The molecule has 0 amide bonds. The molecule has 1 atom stereocenters. The van der Waals surface area contributed by atoms with Crippen molar-refractivity contribution >= 4 is 0 Å². The third kappa shape index (κ3) is 3.67. The summed E-state index contributed by atoms with van der Waals surface area (Å²) in [5.74, 6) is 0.360. The zero-order valence-electron chi connectivity index (χ0n) is 10.2. The Labute approximate surface area is 92.1 Å². The standard InChI is InChI=1S/C12H22N2O/c1-9(2)12(15)7-5-6-11-8-10(3)13-14(11)4/h8-9,12,15H,5-7H2,1-4H3. The fourth-order valence-electron chi connectivity index (χ4n) is 1.72.